The van der Waals surface area contributed by atoms with E-state index in [2.05, 4.69) is 29.0 Å². The molecule has 1 aromatic rings. The highest BCUT2D eigenvalue weighted by Gasteiger charge is 2.29. The lowest BCUT2D eigenvalue weighted by molar-refractivity contribution is -0.136. The molecule has 0 spiro atoms. The van der Waals surface area contributed by atoms with Gasteiger partial charge in [-0.05, 0) is 36.8 Å². The minimum atomic E-state index is -4.68. The number of carbonyl (C=O) groups is 3. The second-order valence-corrected chi connectivity index (χ2v) is 11.0. The monoisotopic (exact) mass is 559 g/mol. The van der Waals surface area contributed by atoms with Crippen molar-refractivity contribution in [3.63, 3.8) is 0 Å². The van der Waals surface area contributed by atoms with Crippen molar-refractivity contribution in [2.24, 2.45) is 0 Å². The van der Waals surface area contributed by atoms with E-state index < -0.39 is 31.7 Å². The topological polar surface area (TPSA) is 145 Å². The Morgan fingerprint density at radius 3 is 2.00 bits per heavy atom. The van der Waals surface area contributed by atoms with E-state index in [4.69, 9.17) is 9.79 Å². The standard InChI is InChI=1S/C25H42N3O7PS/c1-5-7-9-15-28(16-10-8-6-2)25(31)23(18-37-4)27-24(30)22(26-19(3)29)17-20-11-13-21(14-12-20)35-36(32,33)34/h11-14,22-23H,5-10,15-18H2,1-4H3,(H,26,29)(H,27,30)(H2,32,33,34)/t22-,23-/m0/s1. The largest absolute Gasteiger partial charge is 0.524 e. The van der Waals surface area contributed by atoms with Gasteiger partial charge >= 0.3 is 7.82 Å². The van der Waals surface area contributed by atoms with Gasteiger partial charge in [-0.25, -0.2) is 4.57 Å². The van der Waals surface area contributed by atoms with Gasteiger partial charge in [-0.3, -0.25) is 24.2 Å². The maximum absolute atomic E-state index is 13.4. The van der Waals surface area contributed by atoms with Gasteiger partial charge in [0.05, 0.1) is 0 Å². The van der Waals surface area contributed by atoms with Crippen LogP contribution in [-0.2, 0) is 25.4 Å². The van der Waals surface area contributed by atoms with Gasteiger partial charge in [0.25, 0.3) is 0 Å². The molecule has 1 aromatic carbocycles. The maximum atomic E-state index is 13.4. The average Bonchev–Trinajstić information content (AvgIpc) is 2.82. The first-order valence-corrected chi connectivity index (χ1v) is 15.6. The molecule has 0 saturated carbocycles. The lowest BCUT2D eigenvalue weighted by Crippen LogP contribution is -2.56. The molecule has 2 atom stereocenters. The molecule has 0 aliphatic rings. The summed E-state index contributed by atoms with van der Waals surface area (Å²) in [6.07, 6.45) is 7.96. The van der Waals surface area contributed by atoms with Crippen LogP contribution in [0.2, 0.25) is 0 Å². The molecule has 37 heavy (non-hydrogen) atoms. The first-order valence-electron chi connectivity index (χ1n) is 12.7. The number of nitrogens with one attached hydrogen (secondary N) is 2. The molecule has 0 aliphatic heterocycles. The van der Waals surface area contributed by atoms with Crippen LogP contribution in [0.25, 0.3) is 0 Å². The van der Waals surface area contributed by atoms with Crippen LogP contribution < -0.4 is 15.2 Å². The van der Waals surface area contributed by atoms with Crippen molar-refractivity contribution in [1.82, 2.24) is 15.5 Å². The molecule has 0 aromatic heterocycles. The Morgan fingerprint density at radius 2 is 1.54 bits per heavy atom. The van der Waals surface area contributed by atoms with Gasteiger partial charge in [0.15, 0.2) is 0 Å². The van der Waals surface area contributed by atoms with Crippen LogP contribution in [0.15, 0.2) is 24.3 Å². The third-order valence-corrected chi connectivity index (χ3v) is 6.72. The Labute approximate surface area is 224 Å². The van der Waals surface area contributed by atoms with Crippen LogP contribution in [-0.4, -0.2) is 69.6 Å². The summed E-state index contributed by atoms with van der Waals surface area (Å²) in [6.45, 7) is 6.83. The van der Waals surface area contributed by atoms with Crippen LogP contribution in [0.3, 0.4) is 0 Å². The molecule has 1 rings (SSSR count). The lowest BCUT2D eigenvalue weighted by atomic mass is 10.0. The van der Waals surface area contributed by atoms with Crippen molar-refractivity contribution < 1.29 is 33.3 Å². The lowest BCUT2D eigenvalue weighted by Gasteiger charge is -2.29. The number of amides is 3. The molecule has 0 fully saturated rings. The molecule has 0 aliphatic carbocycles. The summed E-state index contributed by atoms with van der Waals surface area (Å²) in [6, 6.07) is 4.21. The highest BCUT2D eigenvalue weighted by Crippen LogP contribution is 2.37. The van der Waals surface area contributed by atoms with Crippen LogP contribution in [0.5, 0.6) is 5.75 Å². The normalized spacial score (nSPS) is 12.9. The highest BCUT2D eigenvalue weighted by atomic mass is 32.2. The molecule has 0 heterocycles. The third kappa shape index (κ3) is 13.9. The predicted octanol–water partition coefficient (Wildman–Crippen LogP) is 3.26. The average molecular weight is 560 g/mol. The van der Waals surface area contributed by atoms with Crippen molar-refractivity contribution >= 4 is 37.3 Å². The van der Waals surface area contributed by atoms with E-state index in [9.17, 15) is 18.9 Å². The zero-order valence-electron chi connectivity index (χ0n) is 22.3. The number of nitrogens with zero attached hydrogens (tertiary/aromatic N) is 1. The maximum Gasteiger partial charge on any atom is 0.524 e. The number of phosphoric ester groups is 1. The number of unbranched alkanes of at least 4 members (excludes halogenated alkanes) is 4. The van der Waals surface area contributed by atoms with E-state index in [-0.39, 0.29) is 18.1 Å². The number of carbonyl (C=O) groups excluding carboxylic acids is 3. The van der Waals surface area contributed by atoms with Crippen molar-refractivity contribution in [2.75, 3.05) is 25.1 Å². The molecule has 12 heteroatoms. The van der Waals surface area contributed by atoms with Gasteiger partial charge in [0, 0.05) is 32.2 Å². The van der Waals surface area contributed by atoms with E-state index in [1.165, 1.54) is 30.8 Å². The van der Waals surface area contributed by atoms with Crippen molar-refractivity contribution in [3.8, 4) is 5.75 Å². The van der Waals surface area contributed by atoms with Crippen LogP contribution in [0, 0.1) is 0 Å². The molecule has 0 radical (unpaired) electrons. The predicted molar refractivity (Wildman–Crippen MR) is 146 cm³/mol. The Morgan fingerprint density at radius 1 is 0.973 bits per heavy atom. The molecule has 3 amide bonds. The second kappa shape index (κ2) is 17.4. The second-order valence-electron chi connectivity index (χ2n) is 8.94. The number of hydrogen-bond donors (Lipinski definition) is 4. The Bertz CT molecular complexity index is 885. The number of benzene rings is 1. The molecule has 0 unspecified atom stereocenters. The van der Waals surface area contributed by atoms with Crippen LogP contribution >= 0.6 is 19.6 Å². The Kier molecular flexibility index (Phi) is 15.5. The first kappa shape index (κ1) is 33.0. The minimum Gasteiger partial charge on any atom is -0.404 e. The van der Waals surface area contributed by atoms with Crippen molar-refractivity contribution in [1.29, 1.82) is 0 Å². The minimum absolute atomic E-state index is 0.0190. The van der Waals surface area contributed by atoms with Crippen LogP contribution in [0.1, 0.15) is 64.9 Å². The van der Waals surface area contributed by atoms with E-state index in [0.717, 1.165) is 38.5 Å². The Hall–Kier alpha value is -2.07. The van der Waals surface area contributed by atoms with Crippen molar-refractivity contribution in [3.05, 3.63) is 29.8 Å². The van der Waals surface area contributed by atoms with Gasteiger partial charge in [-0.2, -0.15) is 11.8 Å². The third-order valence-electron chi connectivity index (χ3n) is 5.60. The SMILES string of the molecule is CCCCCN(CCCCC)C(=O)[C@H](CSC)NC(=O)[C@H](Cc1ccc(OP(=O)(O)O)cc1)NC(C)=O. The summed E-state index contributed by atoms with van der Waals surface area (Å²) in [7, 11) is -4.68. The van der Waals surface area contributed by atoms with Gasteiger partial charge in [-0.15, -0.1) is 0 Å². The quantitative estimate of drug-likeness (QED) is 0.158. The van der Waals surface area contributed by atoms with Gasteiger partial charge < -0.3 is 20.1 Å². The molecular formula is C25H42N3O7PS. The molecule has 10 nitrogen and oxygen atoms in total. The summed E-state index contributed by atoms with van der Waals surface area (Å²) < 4.78 is 15.6. The highest BCUT2D eigenvalue weighted by molar-refractivity contribution is 7.98. The fourth-order valence-corrected chi connectivity index (χ4v) is 4.74. The summed E-state index contributed by atoms with van der Waals surface area (Å²) >= 11 is 1.46. The number of rotatable bonds is 18. The summed E-state index contributed by atoms with van der Waals surface area (Å²) in [4.78, 5) is 58.2. The summed E-state index contributed by atoms with van der Waals surface area (Å²) in [5, 5.41) is 5.50. The van der Waals surface area contributed by atoms with E-state index >= 15 is 0 Å². The Balaban J connectivity index is 2.99. The van der Waals surface area contributed by atoms with Crippen molar-refractivity contribution in [2.45, 2.75) is 77.8 Å². The fourth-order valence-electron chi connectivity index (χ4n) is 3.79. The zero-order valence-corrected chi connectivity index (χ0v) is 24.0. The molecule has 4 N–H and O–H groups in total. The first-order chi connectivity index (χ1) is 17.5. The summed E-state index contributed by atoms with van der Waals surface area (Å²) in [5.74, 6) is -0.593. The number of hydrogen-bond acceptors (Lipinski definition) is 6. The number of phosphoric acid groups is 1. The van der Waals surface area contributed by atoms with Crippen LogP contribution in [0.4, 0.5) is 0 Å². The zero-order chi connectivity index (χ0) is 27.8. The van der Waals surface area contributed by atoms with E-state index in [0.29, 0.717) is 24.4 Å². The van der Waals surface area contributed by atoms with E-state index in [1.807, 2.05) is 11.2 Å². The molecular weight excluding hydrogens is 517 g/mol. The fraction of sp³-hybridized carbons (Fsp3) is 0.640. The molecule has 0 bridgehead atoms. The van der Waals surface area contributed by atoms with Gasteiger partial charge in [0.1, 0.15) is 17.8 Å². The molecule has 210 valence electrons. The van der Waals surface area contributed by atoms with Gasteiger partial charge in [-0.1, -0.05) is 51.7 Å². The van der Waals surface area contributed by atoms with E-state index in [1.54, 1.807) is 12.1 Å². The summed E-state index contributed by atoms with van der Waals surface area (Å²) in [5.41, 5.74) is 0.639. The molecule has 0 saturated heterocycles. The van der Waals surface area contributed by atoms with Gasteiger partial charge in [0.2, 0.25) is 17.7 Å². The smallest absolute Gasteiger partial charge is 0.404 e. The number of thioether (sulfide) groups is 1.